The molecule has 1 saturated carbocycles. The van der Waals surface area contributed by atoms with Gasteiger partial charge in [-0.1, -0.05) is 0 Å². The van der Waals surface area contributed by atoms with Gasteiger partial charge in [0.1, 0.15) is 12.1 Å². The van der Waals surface area contributed by atoms with Crippen molar-refractivity contribution in [2.45, 2.75) is 37.8 Å². The standard InChI is InChI=1S/C13H14N4O3/c14-5-10-11(6-15)17(8-16-10)7-13(20)3-1-9(2-4-13)12(18)19/h8-9,20H,1-4,7H2,(H,18,19). The number of carboxylic acids is 1. The van der Waals surface area contributed by atoms with E-state index >= 15 is 0 Å². The van der Waals surface area contributed by atoms with Gasteiger partial charge in [-0.15, -0.1) is 0 Å². The molecule has 0 amide bonds. The Morgan fingerprint density at radius 3 is 2.60 bits per heavy atom. The first-order valence-electron chi connectivity index (χ1n) is 6.29. The Kier molecular flexibility index (Phi) is 3.73. The Bertz CT molecular complexity index is 600. The number of aliphatic hydroxyl groups is 1. The number of hydrogen-bond acceptors (Lipinski definition) is 5. The minimum atomic E-state index is -1.05. The van der Waals surface area contributed by atoms with Gasteiger partial charge in [0.05, 0.1) is 24.4 Å². The monoisotopic (exact) mass is 274 g/mol. The van der Waals surface area contributed by atoms with E-state index in [1.54, 1.807) is 0 Å². The van der Waals surface area contributed by atoms with Gasteiger partial charge in [0.25, 0.3) is 0 Å². The maximum absolute atomic E-state index is 10.9. The molecule has 1 fully saturated rings. The number of hydrogen-bond donors (Lipinski definition) is 2. The lowest BCUT2D eigenvalue weighted by molar-refractivity contribution is -0.145. The van der Waals surface area contributed by atoms with Crippen molar-refractivity contribution in [2.75, 3.05) is 0 Å². The molecule has 1 aliphatic rings. The first-order valence-corrected chi connectivity index (χ1v) is 6.29. The molecule has 2 N–H and O–H groups in total. The SMILES string of the molecule is N#Cc1ncn(CC2(O)CCC(C(=O)O)CC2)c1C#N. The van der Waals surface area contributed by atoms with Crippen molar-refractivity contribution in [1.82, 2.24) is 9.55 Å². The smallest absolute Gasteiger partial charge is 0.306 e. The molecule has 7 nitrogen and oxygen atoms in total. The highest BCUT2D eigenvalue weighted by molar-refractivity contribution is 5.70. The van der Waals surface area contributed by atoms with Crippen molar-refractivity contribution < 1.29 is 15.0 Å². The van der Waals surface area contributed by atoms with Gasteiger partial charge in [-0.2, -0.15) is 10.5 Å². The molecule has 1 aliphatic carbocycles. The predicted molar refractivity (Wildman–Crippen MR) is 66.2 cm³/mol. The highest BCUT2D eigenvalue weighted by Crippen LogP contribution is 2.33. The molecular formula is C13H14N4O3. The molecule has 1 aromatic rings. The van der Waals surface area contributed by atoms with Crippen LogP contribution in [0.3, 0.4) is 0 Å². The fourth-order valence-electron chi connectivity index (χ4n) is 2.58. The van der Waals surface area contributed by atoms with E-state index in [9.17, 15) is 9.90 Å². The van der Waals surface area contributed by atoms with E-state index < -0.39 is 17.5 Å². The van der Waals surface area contributed by atoms with Crippen molar-refractivity contribution in [3.63, 3.8) is 0 Å². The van der Waals surface area contributed by atoms with Crippen molar-refractivity contribution in [3.8, 4) is 12.1 Å². The van der Waals surface area contributed by atoms with Crippen LogP contribution in [0.1, 0.15) is 37.1 Å². The molecule has 0 saturated heterocycles. The van der Waals surface area contributed by atoms with Crippen LogP contribution in [0, 0.1) is 28.6 Å². The summed E-state index contributed by atoms with van der Waals surface area (Å²) < 4.78 is 1.46. The third kappa shape index (κ3) is 2.63. The summed E-state index contributed by atoms with van der Waals surface area (Å²) in [5.41, 5.74) is -0.887. The number of imidazole rings is 1. The molecule has 7 heteroatoms. The third-order valence-electron chi connectivity index (χ3n) is 3.78. The summed E-state index contributed by atoms with van der Waals surface area (Å²) in [5, 5.41) is 37.3. The Morgan fingerprint density at radius 2 is 2.10 bits per heavy atom. The highest BCUT2D eigenvalue weighted by Gasteiger charge is 2.36. The van der Waals surface area contributed by atoms with Gasteiger partial charge in [-0.05, 0) is 25.7 Å². The second kappa shape index (κ2) is 5.32. The van der Waals surface area contributed by atoms with Crippen molar-refractivity contribution in [3.05, 3.63) is 17.7 Å². The van der Waals surface area contributed by atoms with E-state index in [2.05, 4.69) is 4.98 Å². The number of carbonyl (C=O) groups is 1. The molecule has 2 rings (SSSR count). The Labute approximate surface area is 115 Å². The van der Waals surface area contributed by atoms with Gasteiger partial charge >= 0.3 is 5.97 Å². The van der Waals surface area contributed by atoms with E-state index in [-0.39, 0.29) is 17.9 Å². The van der Waals surface area contributed by atoms with Crippen molar-refractivity contribution in [2.24, 2.45) is 5.92 Å². The minimum absolute atomic E-state index is 0.0373. The maximum atomic E-state index is 10.9. The summed E-state index contributed by atoms with van der Waals surface area (Å²) in [5.74, 6) is -1.25. The Morgan fingerprint density at radius 1 is 1.45 bits per heavy atom. The molecule has 0 radical (unpaired) electrons. The van der Waals surface area contributed by atoms with Gasteiger partial charge in [0, 0.05) is 0 Å². The first kappa shape index (κ1) is 14.0. The average molecular weight is 274 g/mol. The number of carboxylic acid groups (broad SMARTS) is 1. The molecule has 0 aromatic carbocycles. The van der Waals surface area contributed by atoms with Crippen molar-refractivity contribution in [1.29, 1.82) is 10.5 Å². The topological polar surface area (TPSA) is 123 Å². The molecule has 0 atom stereocenters. The molecule has 0 aliphatic heterocycles. The molecule has 1 aromatic heterocycles. The van der Waals surface area contributed by atoms with E-state index in [0.717, 1.165) is 0 Å². The van der Waals surface area contributed by atoms with Crippen LogP contribution in [0.2, 0.25) is 0 Å². The predicted octanol–water partition coefficient (Wildman–Crippen LogP) is 0.632. The average Bonchev–Trinajstić information content (AvgIpc) is 2.80. The number of aromatic nitrogens is 2. The Balaban J connectivity index is 2.11. The number of rotatable bonds is 3. The summed E-state index contributed by atoms with van der Waals surface area (Å²) >= 11 is 0. The van der Waals surface area contributed by atoms with Gasteiger partial charge in [0.2, 0.25) is 0 Å². The maximum Gasteiger partial charge on any atom is 0.306 e. The number of aliphatic carboxylic acids is 1. The van der Waals surface area contributed by atoms with Crippen LogP contribution in [0.25, 0.3) is 0 Å². The molecule has 104 valence electrons. The van der Waals surface area contributed by atoms with Gasteiger partial charge in [-0.3, -0.25) is 4.79 Å². The van der Waals surface area contributed by atoms with Crippen LogP contribution in [-0.2, 0) is 11.3 Å². The van der Waals surface area contributed by atoms with Crippen LogP contribution in [-0.4, -0.2) is 31.3 Å². The van der Waals surface area contributed by atoms with Crippen LogP contribution in [0.4, 0.5) is 0 Å². The fraction of sp³-hybridized carbons (Fsp3) is 0.538. The second-order valence-electron chi connectivity index (χ2n) is 5.13. The number of nitriles is 2. The van der Waals surface area contributed by atoms with E-state index in [0.29, 0.717) is 25.7 Å². The van der Waals surface area contributed by atoms with Crippen LogP contribution in [0.5, 0.6) is 0 Å². The lowest BCUT2D eigenvalue weighted by atomic mass is 9.78. The number of nitrogens with zero attached hydrogens (tertiary/aromatic N) is 4. The zero-order chi connectivity index (χ0) is 14.8. The van der Waals surface area contributed by atoms with Gasteiger partial charge < -0.3 is 14.8 Å². The molecule has 20 heavy (non-hydrogen) atoms. The normalized spacial score (nSPS) is 25.6. The molecule has 1 heterocycles. The van der Waals surface area contributed by atoms with E-state index in [4.69, 9.17) is 15.6 Å². The third-order valence-corrected chi connectivity index (χ3v) is 3.78. The minimum Gasteiger partial charge on any atom is -0.481 e. The quantitative estimate of drug-likeness (QED) is 0.833. The van der Waals surface area contributed by atoms with Crippen LogP contribution >= 0.6 is 0 Å². The summed E-state index contributed by atoms with van der Waals surface area (Å²) in [7, 11) is 0. The lowest BCUT2D eigenvalue weighted by Gasteiger charge is -2.34. The van der Waals surface area contributed by atoms with E-state index in [1.807, 2.05) is 12.1 Å². The van der Waals surface area contributed by atoms with Gasteiger partial charge in [-0.25, -0.2) is 4.98 Å². The molecule has 0 bridgehead atoms. The van der Waals surface area contributed by atoms with Crippen LogP contribution in [0.15, 0.2) is 6.33 Å². The molecular weight excluding hydrogens is 260 g/mol. The summed E-state index contributed by atoms with van der Waals surface area (Å²) in [6, 6.07) is 3.73. The zero-order valence-electron chi connectivity index (χ0n) is 10.8. The lowest BCUT2D eigenvalue weighted by Crippen LogP contribution is -2.39. The van der Waals surface area contributed by atoms with Crippen molar-refractivity contribution >= 4 is 5.97 Å². The molecule has 0 spiro atoms. The largest absolute Gasteiger partial charge is 0.481 e. The first-order chi connectivity index (χ1) is 9.49. The zero-order valence-corrected chi connectivity index (χ0v) is 10.8. The Hall–Kier alpha value is -2.38. The van der Waals surface area contributed by atoms with E-state index in [1.165, 1.54) is 10.9 Å². The second-order valence-corrected chi connectivity index (χ2v) is 5.13. The van der Waals surface area contributed by atoms with Crippen LogP contribution < -0.4 is 0 Å². The summed E-state index contributed by atoms with van der Waals surface area (Å²) in [6.07, 6.45) is 2.89. The summed E-state index contributed by atoms with van der Waals surface area (Å²) in [6.45, 7) is 0.150. The summed E-state index contributed by atoms with van der Waals surface area (Å²) in [4.78, 5) is 14.7. The van der Waals surface area contributed by atoms with Gasteiger partial charge in [0.15, 0.2) is 11.4 Å². The highest BCUT2D eigenvalue weighted by atomic mass is 16.4. The fourth-order valence-corrected chi connectivity index (χ4v) is 2.58. The molecule has 0 unspecified atom stereocenters.